The molecule has 4 heteroatoms. The molecule has 2 aliphatic rings. The van der Waals surface area contributed by atoms with E-state index in [0.717, 1.165) is 56.0 Å². The summed E-state index contributed by atoms with van der Waals surface area (Å²) in [4.78, 5) is 15.1. The number of hydrogen-bond donors (Lipinski definition) is 1. The lowest BCUT2D eigenvalue weighted by Gasteiger charge is -2.37. The normalized spacial score (nSPS) is 27.1. The average molecular weight is 330 g/mol. The van der Waals surface area contributed by atoms with E-state index in [0.29, 0.717) is 12.5 Å². The number of nitrogen functional groups attached to an aromatic ring is 1. The largest absolute Gasteiger partial charge is 0.399 e. The quantitative estimate of drug-likeness (QED) is 0.842. The summed E-state index contributed by atoms with van der Waals surface area (Å²) in [5, 5.41) is 0. The van der Waals surface area contributed by atoms with Gasteiger partial charge < -0.3 is 15.4 Å². The molecule has 4 nitrogen and oxygen atoms in total. The maximum atomic E-state index is 13.0. The summed E-state index contributed by atoms with van der Waals surface area (Å²) >= 11 is 0. The lowest BCUT2D eigenvalue weighted by molar-refractivity contribution is -0.135. The standard InChI is InChI=1S/C20H30N2O2/c1-15-4-10-18(11-5-15)22(14-19-3-2-12-24-19)20(23)13-16-6-8-17(21)9-7-16/h6-9,15,18-19H,2-5,10-14,21H2,1H3. The Morgan fingerprint density at radius 1 is 1.17 bits per heavy atom. The van der Waals surface area contributed by atoms with Crippen molar-refractivity contribution >= 4 is 11.6 Å². The number of carbonyl (C=O) groups excluding carboxylic acids is 1. The first kappa shape index (κ1) is 17.3. The molecule has 1 saturated heterocycles. The summed E-state index contributed by atoms with van der Waals surface area (Å²) in [6, 6.07) is 8.04. The molecular formula is C20H30N2O2. The Bertz CT molecular complexity index is 529. The highest BCUT2D eigenvalue weighted by Crippen LogP contribution is 2.28. The number of nitrogens with two attached hydrogens (primary N) is 1. The van der Waals surface area contributed by atoms with Crippen molar-refractivity contribution in [3.63, 3.8) is 0 Å². The number of nitrogens with zero attached hydrogens (tertiary/aromatic N) is 1. The Morgan fingerprint density at radius 2 is 1.88 bits per heavy atom. The smallest absolute Gasteiger partial charge is 0.227 e. The topological polar surface area (TPSA) is 55.6 Å². The van der Waals surface area contributed by atoms with Crippen LogP contribution in [-0.2, 0) is 16.0 Å². The molecule has 0 radical (unpaired) electrons. The third kappa shape index (κ3) is 4.50. The number of carbonyl (C=O) groups is 1. The minimum atomic E-state index is 0.222. The van der Waals surface area contributed by atoms with Gasteiger partial charge in [-0.25, -0.2) is 0 Å². The van der Waals surface area contributed by atoms with Crippen LogP contribution in [0.2, 0.25) is 0 Å². The van der Waals surface area contributed by atoms with Crippen LogP contribution < -0.4 is 5.73 Å². The van der Waals surface area contributed by atoms with Crippen molar-refractivity contribution in [3.05, 3.63) is 29.8 Å². The van der Waals surface area contributed by atoms with Gasteiger partial charge >= 0.3 is 0 Å². The third-order valence-electron chi connectivity index (χ3n) is 5.51. The lowest BCUT2D eigenvalue weighted by Crippen LogP contribution is -2.46. The third-order valence-corrected chi connectivity index (χ3v) is 5.51. The van der Waals surface area contributed by atoms with E-state index in [2.05, 4.69) is 11.8 Å². The second-order valence-corrected chi connectivity index (χ2v) is 7.51. The van der Waals surface area contributed by atoms with Gasteiger partial charge in [-0.05, 0) is 62.1 Å². The van der Waals surface area contributed by atoms with Gasteiger partial charge in [-0.2, -0.15) is 0 Å². The van der Waals surface area contributed by atoms with Gasteiger partial charge in [0.25, 0.3) is 0 Å². The van der Waals surface area contributed by atoms with Gasteiger partial charge in [0.15, 0.2) is 0 Å². The Hall–Kier alpha value is -1.55. The molecule has 1 aliphatic carbocycles. The Morgan fingerprint density at radius 3 is 2.50 bits per heavy atom. The fourth-order valence-electron chi connectivity index (χ4n) is 3.93. The molecule has 0 bridgehead atoms. The lowest BCUT2D eigenvalue weighted by atomic mass is 9.86. The molecule has 1 aliphatic heterocycles. The monoisotopic (exact) mass is 330 g/mol. The summed E-state index contributed by atoms with van der Waals surface area (Å²) in [6.07, 6.45) is 7.58. The molecule has 3 rings (SSSR count). The molecule has 2 fully saturated rings. The van der Waals surface area contributed by atoms with Crippen LogP contribution in [-0.4, -0.2) is 36.1 Å². The Labute approximate surface area is 145 Å². The predicted octanol–water partition coefficient (Wildman–Crippen LogP) is 3.40. The molecule has 0 aromatic heterocycles. The first-order chi connectivity index (χ1) is 11.6. The second-order valence-electron chi connectivity index (χ2n) is 7.51. The van der Waals surface area contributed by atoms with Crippen LogP contribution in [0, 0.1) is 5.92 Å². The average Bonchev–Trinajstić information content (AvgIpc) is 3.09. The molecule has 1 atom stereocenters. The summed E-state index contributed by atoms with van der Waals surface area (Å²) in [6.45, 7) is 3.91. The second kappa shape index (κ2) is 8.02. The number of benzene rings is 1. The number of anilines is 1. The maximum absolute atomic E-state index is 13.0. The molecule has 2 N–H and O–H groups in total. The van der Waals surface area contributed by atoms with E-state index in [9.17, 15) is 4.79 Å². The molecule has 1 unspecified atom stereocenters. The summed E-state index contributed by atoms with van der Waals surface area (Å²) < 4.78 is 5.80. The zero-order valence-electron chi connectivity index (χ0n) is 14.7. The molecule has 1 heterocycles. The van der Waals surface area contributed by atoms with Gasteiger partial charge in [-0.15, -0.1) is 0 Å². The van der Waals surface area contributed by atoms with E-state index < -0.39 is 0 Å². The Balaban J connectivity index is 1.67. The van der Waals surface area contributed by atoms with Gasteiger partial charge in [0.1, 0.15) is 0 Å². The first-order valence-electron chi connectivity index (χ1n) is 9.37. The maximum Gasteiger partial charge on any atom is 0.227 e. The van der Waals surface area contributed by atoms with Crippen molar-refractivity contribution in [1.29, 1.82) is 0 Å². The fraction of sp³-hybridized carbons (Fsp3) is 0.650. The SMILES string of the molecule is CC1CCC(N(CC2CCCO2)C(=O)Cc2ccc(N)cc2)CC1. The minimum absolute atomic E-state index is 0.222. The van der Waals surface area contributed by atoms with Gasteiger partial charge in [0, 0.05) is 24.9 Å². The zero-order chi connectivity index (χ0) is 16.9. The van der Waals surface area contributed by atoms with Crippen LogP contribution in [0.25, 0.3) is 0 Å². The minimum Gasteiger partial charge on any atom is -0.399 e. The summed E-state index contributed by atoms with van der Waals surface area (Å²) in [5.41, 5.74) is 7.52. The van der Waals surface area contributed by atoms with Gasteiger partial charge in [0.2, 0.25) is 5.91 Å². The number of hydrogen-bond acceptors (Lipinski definition) is 3. The van der Waals surface area contributed by atoms with Crippen molar-refractivity contribution in [1.82, 2.24) is 4.90 Å². The highest BCUT2D eigenvalue weighted by atomic mass is 16.5. The number of ether oxygens (including phenoxy) is 1. The number of rotatable bonds is 5. The van der Waals surface area contributed by atoms with Crippen LogP contribution in [0.1, 0.15) is 51.0 Å². The van der Waals surface area contributed by atoms with Crippen LogP contribution in [0.5, 0.6) is 0 Å². The van der Waals surface area contributed by atoms with E-state index in [-0.39, 0.29) is 12.0 Å². The highest BCUT2D eigenvalue weighted by molar-refractivity contribution is 5.79. The van der Waals surface area contributed by atoms with Gasteiger partial charge in [-0.3, -0.25) is 4.79 Å². The van der Waals surface area contributed by atoms with Crippen molar-refractivity contribution in [2.45, 2.75) is 64.0 Å². The molecule has 132 valence electrons. The molecule has 24 heavy (non-hydrogen) atoms. The van der Waals surface area contributed by atoms with Crippen molar-refractivity contribution in [2.24, 2.45) is 5.92 Å². The highest BCUT2D eigenvalue weighted by Gasteiger charge is 2.30. The number of amides is 1. The van der Waals surface area contributed by atoms with Crippen LogP contribution >= 0.6 is 0 Å². The van der Waals surface area contributed by atoms with E-state index in [1.165, 1.54) is 12.8 Å². The molecule has 1 amide bonds. The molecular weight excluding hydrogens is 300 g/mol. The van der Waals surface area contributed by atoms with E-state index in [1.54, 1.807) is 0 Å². The van der Waals surface area contributed by atoms with Gasteiger partial charge in [-0.1, -0.05) is 19.1 Å². The zero-order valence-corrected chi connectivity index (χ0v) is 14.7. The summed E-state index contributed by atoms with van der Waals surface area (Å²) in [7, 11) is 0. The fourth-order valence-corrected chi connectivity index (χ4v) is 3.93. The van der Waals surface area contributed by atoms with Crippen molar-refractivity contribution in [2.75, 3.05) is 18.9 Å². The van der Waals surface area contributed by atoms with Crippen molar-refractivity contribution < 1.29 is 9.53 Å². The van der Waals surface area contributed by atoms with Crippen molar-refractivity contribution in [3.8, 4) is 0 Å². The van der Waals surface area contributed by atoms with E-state index in [1.807, 2.05) is 24.3 Å². The van der Waals surface area contributed by atoms with Crippen LogP contribution in [0.3, 0.4) is 0 Å². The van der Waals surface area contributed by atoms with Gasteiger partial charge in [0.05, 0.1) is 12.5 Å². The summed E-state index contributed by atoms with van der Waals surface area (Å²) in [5.74, 6) is 1.02. The van der Waals surface area contributed by atoms with E-state index >= 15 is 0 Å². The van der Waals surface area contributed by atoms with Crippen LogP contribution in [0.15, 0.2) is 24.3 Å². The molecule has 1 aromatic rings. The Kier molecular flexibility index (Phi) is 5.77. The predicted molar refractivity (Wildman–Crippen MR) is 96.7 cm³/mol. The first-order valence-corrected chi connectivity index (χ1v) is 9.37. The molecule has 1 aromatic carbocycles. The van der Waals surface area contributed by atoms with Crippen LogP contribution in [0.4, 0.5) is 5.69 Å². The molecule has 0 spiro atoms. The van der Waals surface area contributed by atoms with E-state index in [4.69, 9.17) is 10.5 Å². The molecule has 1 saturated carbocycles.